The number of fused-ring (bicyclic) bond motifs is 1. The number of nitrogens with zero attached hydrogens (tertiary/aromatic N) is 1. The zero-order valence-electron chi connectivity index (χ0n) is 24.1. The first-order valence-electron chi connectivity index (χ1n) is 13.8. The molecule has 0 radical (unpaired) electrons. The fourth-order valence-corrected chi connectivity index (χ4v) is 4.78. The standard InChI is InChI=1S/C36H31FN2O4/c1-36(2,3)26-13-8-23(9-14-26)10-19-33(40)42-28-17-18-29-32(20-28)43-35(39)30(21-38)34(29)24-11-15-27(16-12-24)41-22-25-6-4-5-7-31(25)37/h4-20,34H,22,39H2,1-3H3/b19-10+. The zero-order chi connectivity index (χ0) is 30.6. The largest absolute Gasteiger partial charge is 0.489 e. The molecule has 0 bridgehead atoms. The topological polar surface area (TPSA) is 94.6 Å². The molecular weight excluding hydrogens is 543 g/mol. The van der Waals surface area contributed by atoms with Crippen LogP contribution in [-0.4, -0.2) is 5.97 Å². The minimum Gasteiger partial charge on any atom is -0.489 e. The van der Waals surface area contributed by atoms with E-state index in [1.807, 2.05) is 36.4 Å². The van der Waals surface area contributed by atoms with E-state index in [1.54, 1.807) is 54.6 Å². The lowest BCUT2D eigenvalue weighted by molar-refractivity contribution is -0.128. The van der Waals surface area contributed by atoms with Crippen LogP contribution in [0.15, 0.2) is 109 Å². The van der Waals surface area contributed by atoms with Gasteiger partial charge in [-0.1, -0.05) is 81.4 Å². The Labute approximate surface area is 250 Å². The van der Waals surface area contributed by atoms with E-state index in [0.717, 1.165) is 11.1 Å². The van der Waals surface area contributed by atoms with E-state index in [2.05, 4.69) is 26.8 Å². The van der Waals surface area contributed by atoms with Gasteiger partial charge in [0.1, 0.15) is 41.3 Å². The minimum atomic E-state index is -0.542. The second kappa shape index (κ2) is 12.3. The number of esters is 1. The van der Waals surface area contributed by atoms with Crippen LogP contribution in [0, 0.1) is 17.1 Å². The lowest BCUT2D eigenvalue weighted by atomic mass is 9.83. The number of benzene rings is 4. The second-order valence-electron chi connectivity index (χ2n) is 11.2. The van der Waals surface area contributed by atoms with Gasteiger partial charge in [-0.05, 0) is 52.4 Å². The Morgan fingerprint density at radius 3 is 2.37 bits per heavy atom. The molecule has 0 saturated heterocycles. The quantitative estimate of drug-likeness (QED) is 0.139. The van der Waals surface area contributed by atoms with Crippen molar-refractivity contribution in [3.63, 3.8) is 0 Å². The molecule has 43 heavy (non-hydrogen) atoms. The van der Waals surface area contributed by atoms with Crippen LogP contribution < -0.4 is 19.9 Å². The van der Waals surface area contributed by atoms with E-state index >= 15 is 0 Å². The molecule has 0 aromatic heterocycles. The van der Waals surface area contributed by atoms with Crippen LogP contribution in [0.3, 0.4) is 0 Å². The van der Waals surface area contributed by atoms with Gasteiger partial charge in [-0.15, -0.1) is 0 Å². The molecule has 2 N–H and O–H groups in total. The van der Waals surface area contributed by atoms with Crippen LogP contribution in [0.4, 0.5) is 4.39 Å². The van der Waals surface area contributed by atoms with Crippen molar-refractivity contribution in [3.05, 3.63) is 142 Å². The molecule has 0 saturated carbocycles. The predicted octanol–water partition coefficient (Wildman–Crippen LogP) is 7.54. The number of halogens is 1. The third-order valence-electron chi connectivity index (χ3n) is 7.16. The summed E-state index contributed by atoms with van der Waals surface area (Å²) >= 11 is 0. The van der Waals surface area contributed by atoms with Gasteiger partial charge in [0.15, 0.2) is 0 Å². The molecule has 0 amide bonds. The van der Waals surface area contributed by atoms with Gasteiger partial charge in [-0.2, -0.15) is 5.26 Å². The number of nitriles is 1. The Bertz CT molecular complexity index is 1740. The summed E-state index contributed by atoms with van der Waals surface area (Å²) < 4.78 is 31.0. The summed E-state index contributed by atoms with van der Waals surface area (Å²) in [6.07, 6.45) is 3.07. The van der Waals surface area contributed by atoms with Crippen molar-refractivity contribution in [2.45, 2.75) is 38.7 Å². The van der Waals surface area contributed by atoms with Gasteiger partial charge >= 0.3 is 5.97 Å². The van der Waals surface area contributed by atoms with Gasteiger partial charge in [0.25, 0.3) is 0 Å². The van der Waals surface area contributed by atoms with E-state index in [1.165, 1.54) is 17.7 Å². The molecule has 5 rings (SSSR count). The van der Waals surface area contributed by atoms with Crippen molar-refractivity contribution in [2.24, 2.45) is 5.73 Å². The van der Waals surface area contributed by atoms with Crippen molar-refractivity contribution in [3.8, 4) is 23.3 Å². The summed E-state index contributed by atoms with van der Waals surface area (Å²) in [5.41, 5.74) is 10.5. The Morgan fingerprint density at radius 2 is 1.70 bits per heavy atom. The van der Waals surface area contributed by atoms with Crippen LogP contribution in [0.1, 0.15) is 54.5 Å². The summed E-state index contributed by atoms with van der Waals surface area (Å²) in [4.78, 5) is 12.6. The van der Waals surface area contributed by atoms with Crippen LogP contribution in [-0.2, 0) is 16.8 Å². The van der Waals surface area contributed by atoms with Crippen molar-refractivity contribution < 1.29 is 23.4 Å². The molecule has 4 aromatic rings. The fraction of sp³-hybridized carbons (Fsp3) is 0.167. The number of carbonyl (C=O) groups excluding carboxylic acids is 1. The minimum absolute atomic E-state index is 0.0260. The van der Waals surface area contributed by atoms with Gasteiger partial charge < -0.3 is 19.9 Å². The maximum Gasteiger partial charge on any atom is 0.336 e. The molecule has 0 spiro atoms. The molecule has 1 atom stereocenters. The molecule has 6 nitrogen and oxygen atoms in total. The van der Waals surface area contributed by atoms with Gasteiger partial charge in [-0.25, -0.2) is 9.18 Å². The molecule has 216 valence electrons. The van der Waals surface area contributed by atoms with Crippen molar-refractivity contribution in [1.29, 1.82) is 5.26 Å². The Hall–Kier alpha value is -5.35. The number of rotatable bonds is 7. The number of hydrogen-bond donors (Lipinski definition) is 1. The summed E-state index contributed by atoms with van der Waals surface area (Å²) in [6.45, 7) is 6.52. The number of hydrogen-bond acceptors (Lipinski definition) is 6. The third kappa shape index (κ3) is 6.77. The first kappa shape index (κ1) is 29.2. The van der Waals surface area contributed by atoms with E-state index in [0.29, 0.717) is 22.6 Å². The van der Waals surface area contributed by atoms with Crippen LogP contribution in [0.25, 0.3) is 6.08 Å². The van der Waals surface area contributed by atoms with Gasteiger partial charge in [0.05, 0.1) is 5.92 Å². The van der Waals surface area contributed by atoms with Gasteiger partial charge in [0, 0.05) is 23.3 Å². The predicted molar refractivity (Wildman–Crippen MR) is 163 cm³/mol. The second-order valence-corrected chi connectivity index (χ2v) is 11.2. The maximum absolute atomic E-state index is 13.9. The zero-order valence-corrected chi connectivity index (χ0v) is 24.1. The lowest BCUT2D eigenvalue weighted by Crippen LogP contribution is -2.21. The maximum atomic E-state index is 13.9. The highest BCUT2D eigenvalue weighted by Crippen LogP contribution is 2.43. The van der Waals surface area contributed by atoms with Crippen LogP contribution >= 0.6 is 0 Å². The number of carbonyl (C=O) groups is 1. The number of allylic oxidation sites excluding steroid dienone is 1. The van der Waals surface area contributed by atoms with Crippen molar-refractivity contribution in [2.75, 3.05) is 0 Å². The molecular formula is C36H31FN2O4. The van der Waals surface area contributed by atoms with Crippen LogP contribution in [0.5, 0.6) is 17.2 Å². The highest BCUT2D eigenvalue weighted by Gasteiger charge is 2.31. The van der Waals surface area contributed by atoms with E-state index in [9.17, 15) is 14.4 Å². The van der Waals surface area contributed by atoms with Gasteiger partial charge in [0.2, 0.25) is 5.88 Å². The third-order valence-corrected chi connectivity index (χ3v) is 7.16. The SMILES string of the molecule is CC(C)(C)c1ccc(/C=C/C(=O)Oc2ccc3c(c2)OC(N)=C(C#N)C3c2ccc(OCc3ccccc3F)cc2)cc1. The summed E-state index contributed by atoms with van der Waals surface area (Å²) in [5, 5.41) is 9.89. The molecule has 0 aliphatic carbocycles. The molecule has 7 heteroatoms. The fourth-order valence-electron chi connectivity index (χ4n) is 4.78. The Morgan fingerprint density at radius 1 is 1.00 bits per heavy atom. The number of ether oxygens (including phenoxy) is 3. The monoisotopic (exact) mass is 574 g/mol. The first-order chi connectivity index (χ1) is 20.6. The van der Waals surface area contributed by atoms with E-state index in [4.69, 9.17) is 19.9 Å². The molecule has 1 aliphatic rings. The van der Waals surface area contributed by atoms with Crippen molar-refractivity contribution in [1.82, 2.24) is 0 Å². The Kier molecular flexibility index (Phi) is 8.31. The van der Waals surface area contributed by atoms with Crippen molar-refractivity contribution >= 4 is 12.0 Å². The molecule has 4 aromatic carbocycles. The van der Waals surface area contributed by atoms with Crippen LogP contribution in [0.2, 0.25) is 0 Å². The molecule has 1 unspecified atom stereocenters. The average molecular weight is 575 g/mol. The molecule has 1 aliphatic heterocycles. The summed E-state index contributed by atoms with van der Waals surface area (Å²) in [7, 11) is 0. The lowest BCUT2D eigenvalue weighted by Gasteiger charge is -2.26. The normalized spacial score (nSPS) is 14.5. The van der Waals surface area contributed by atoms with Gasteiger partial charge in [-0.3, -0.25) is 0 Å². The summed E-state index contributed by atoms with van der Waals surface area (Å²) in [6, 6.07) is 28.8. The first-order valence-corrected chi connectivity index (χ1v) is 13.8. The highest BCUT2D eigenvalue weighted by molar-refractivity contribution is 5.88. The molecule has 1 heterocycles. The average Bonchev–Trinajstić information content (AvgIpc) is 2.99. The number of nitrogens with two attached hydrogens (primary N) is 1. The summed E-state index contributed by atoms with van der Waals surface area (Å²) in [5.74, 6) is -0.190. The van der Waals surface area contributed by atoms with E-state index in [-0.39, 0.29) is 35.0 Å². The Balaban J connectivity index is 1.30. The highest BCUT2D eigenvalue weighted by atomic mass is 19.1. The molecule has 0 fully saturated rings. The van der Waals surface area contributed by atoms with E-state index < -0.39 is 11.9 Å². The smallest absolute Gasteiger partial charge is 0.336 e.